The third-order valence-corrected chi connectivity index (χ3v) is 5.68. The van der Waals surface area contributed by atoms with Gasteiger partial charge in [0.1, 0.15) is 5.75 Å². The van der Waals surface area contributed by atoms with E-state index in [0.717, 1.165) is 12.0 Å². The Morgan fingerprint density at radius 2 is 1.83 bits per heavy atom. The van der Waals surface area contributed by atoms with E-state index in [1.165, 1.54) is 16.7 Å². The molecule has 0 aromatic heterocycles. The predicted octanol–water partition coefficient (Wildman–Crippen LogP) is 4.45. The Morgan fingerprint density at radius 1 is 1.10 bits per heavy atom. The Balaban J connectivity index is 2.00. The van der Waals surface area contributed by atoms with E-state index in [9.17, 15) is 14.7 Å². The lowest BCUT2D eigenvalue weighted by molar-refractivity contribution is -0.119. The molecule has 0 bridgehead atoms. The number of hydrogen-bond acceptors (Lipinski definition) is 5. The van der Waals surface area contributed by atoms with Gasteiger partial charge in [-0.25, -0.2) is 4.90 Å². The van der Waals surface area contributed by atoms with Crippen molar-refractivity contribution in [1.82, 2.24) is 0 Å². The number of imide groups is 1. The molecule has 2 aromatic carbocycles. The molecule has 2 amide bonds. The van der Waals surface area contributed by atoms with Crippen molar-refractivity contribution in [3.63, 3.8) is 0 Å². The first-order valence-electron chi connectivity index (χ1n) is 9.34. The topological polar surface area (TPSA) is 66.8 Å². The number of nitrogens with zero attached hydrogens (tertiary/aromatic N) is 1. The summed E-state index contributed by atoms with van der Waals surface area (Å²) in [5.74, 6) is 0.259. The maximum absolute atomic E-state index is 13.3. The number of aliphatic hydroxyl groups excluding tert-OH is 1. The molecule has 1 N–H and O–H groups in total. The Kier molecular flexibility index (Phi) is 7.00. The third-order valence-electron chi connectivity index (χ3n) is 4.39. The van der Waals surface area contributed by atoms with Gasteiger partial charge in [0.2, 0.25) is 0 Å². The average molecular weight is 432 g/mol. The van der Waals surface area contributed by atoms with Gasteiger partial charge in [-0.05, 0) is 54.8 Å². The lowest BCUT2D eigenvalue weighted by atomic mass is 10.1. The molecule has 0 unspecified atom stereocenters. The molecule has 1 aliphatic rings. The van der Waals surface area contributed by atoms with E-state index < -0.39 is 0 Å². The fourth-order valence-electron chi connectivity index (χ4n) is 3.07. The number of halogens is 1. The largest absolute Gasteiger partial charge is 0.494 e. The first kappa shape index (κ1) is 21.4. The zero-order valence-electron chi connectivity index (χ0n) is 16.3. The third kappa shape index (κ3) is 4.50. The highest BCUT2D eigenvalue weighted by molar-refractivity contribution is 8.04. The summed E-state index contributed by atoms with van der Waals surface area (Å²) < 4.78 is 5.60. The van der Waals surface area contributed by atoms with Crippen LogP contribution in [0.25, 0.3) is 5.57 Å². The molecule has 7 heteroatoms. The van der Waals surface area contributed by atoms with Gasteiger partial charge >= 0.3 is 0 Å². The molecule has 0 saturated heterocycles. The van der Waals surface area contributed by atoms with E-state index in [1.54, 1.807) is 49.4 Å². The quantitative estimate of drug-likeness (QED) is 0.625. The van der Waals surface area contributed by atoms with Gasteiger partial charge in [-0.1, -0.05) is 30.7 Å². The number of benzene rings is 2. The summed E-state index contributed by atoms with van der Waals surface area (Å²) >= 11 is 7.21. The molecule has 29 heavy (non-hydrogen) atoms. The molecule has 0 fully saturated rings. The summed E-state index contributed by atoms with van der Waals surface area (Å²) in [5.41, 5.74) is 2.21. The zero-order chi connectivity index (χ0) is 21.0. The van der Waals surface area contributed by atoms with Crippen LogP contribution in [0.1, 0.15) is 24.5 Å². The maximum Gasteiger partial charge on any atom is 0.272 e. The van der Waals surface area contributed by atoms with Gasteiger partial charge in [-0.2, -0.15) is 0 Å². The summed E-state index contributed by atoms with van der Waals surface area (Å²) in [6, 6.07) is 12.2. The minimum absolute atomic E-state index is 0.0906. The standard InChI is InChI=1S/C22H22ClNO4S/c1-3-11-28-17-7-4-15(5-8-17)19-20(29-12-10-25)22(27)24(21(19)26)18-9-6-16(23)13-14(18)2/h4-9,13,25H,3,10-12H2,1-2H3. The van der Waals surface area contributed by atoms with E-state index in [0.29, 0.717) is 44.9 Å². The predicted molar refractivity (Wildman–Crippen MR) is 117 cm³/mol. The molecule has 3 rings (SSSR count). The monoisotopic (exact) mass is 431 g/mol. The smallest absolute Gasteiger partial charge is 0.272 e. The Morgan fingerprint density at radius 3 is 2.45 bits per heavy atom. The zero-order valence-corrected chi connectivity index (χ0v) is 17.8. The first-order chi connectivity index (χ1) is 14.0. The molecule has 0 spiro atoms. The highest BCUT2D eigenvalue weighted by Gasteiger charge is 2.40. The number of amides is 2. The molecule has 0 radical (unpaired) electrons. The van der Waals surface area contributed by atoms with E-state index in [2.05, 4.69) is 0 Å². The molecule has 152 valence electrons. The van der Waals surface area contributed by atoms with Gasteiger partial charge in [-0.3, -0.25) is 9.59 Å². The van der Waals surface area contributed by atoms with Crippen LogP contribution in [-0.4, -0.2) is 35.9 Å². The number of hydrogen-bond donors (Lipinski definition) is 1. The van der Waals surface area contributed by atoms with E-state index in [-0.39, 0.29) is 18.4 Å². The number of anilines is 1. The minimum atomic E-state index is -0.389. The molecule has 2 aromatic rings. The molecular weight excluding hydrogens is 410 g/mol. The maximum atomic E-state index is 13.3. The average Bonchev–Trinajstić information content (AvgIpc) is 2.95. The van der Waals surface area contributed by atoms with Crippen LogP contribution in [0.15, 0.2) is 47.4 Å². The molecule has 1 heterocycles. The van der Waals surface area contributed by atoms with E-state index in [1.807, 2.05) is 6.92 Å². The second-order valence-corrected chi connectivity index (χ2v) is 8.07. The Bertz CT molecular complexity index is 956. The lowest BCUT2D eigenvalue weighted by Gasteiger charge is -2.18. The second-order valence-electron chi connectivity index (χ2n) is 6.53. The van der Waals surface area contributed by atoms with Gasteiger partial charge in [0.15, 0.2) is 0 Å². The van der Waals surface area contributed by atoms with Crippen molar-refractivity contribution >= 4 is 46.4 Å². The molecule has 1 aliphatic heterocycles. The number of carbonyl (C=O) groups is 2. The van der Waals surface area contributed by atoms with Crippen molar-refractivity contribution in [3.05, 3.63) is 63.5 Å². The van der Waals surface area contributed by atoms with Crippen molar-refractivity contribution in [1.29, 1.82) is 0 Å². The molecular formula is C22H22ClNO4S. The Hall–Kier alpha value is -2.28. The van der Waals surface area contributed by atoms with Gasteiger partial charge in [0, 0.05) is 10.8 Å². The van der Waals surface area contributed by atoms with Crippen molar-refractivity contribution in [3.8, 4) is 5.75 Å². The van der Waals surface area contributed by atoms with Crippen LogP contribution in [-0.2, 0) is 9.59 Å². The van der Waals surface area contributed by atoms with E-state index in [4.69, 9.17) is 16.3 Å². The summed E-state index contributed by atoms with van der Waals surface area (Å²) in [6.45, 7) is 4.35. The second kappa shape index (κ2) is 9.48. The normalized spacial score (nSPS) is 14.1. The molecule has 0 saturated carbocycles. The Labute approximate surface area is 179 Å². The summed E-state index contributed by atoms with van der Waals surface area (Å²) in [7, 11) is 0. The molecule has 0 aliphatic carbocycles. The highest BCUT2D eigenvalue weighted by atomic mass is 35.5. The van der Waals surface area contributed by atoms with Gasteiger partial charge in [0.05, 0.1) is 29.4 Å². The summed E-state index contributed by atoms with van der Waals surface area (Å²) in [6.07, 6.45) is 0.900. The van der Waals surface area contributed by atoms with Crippen LogP contribution in [0.5, 0.6) is 5.75 Å². The van der Waals surface area contributed by atoms with Crippen molar-refractivity contribution in [2.24, 2.45) is 0 Å². The van der Waals surface area contributed by atoms with Crippen molar-refractivity contribution in [2.45, 2.75) is 20.3 Å². The number of aryl methyl sites for hydroxylation is 1. The first-order valence-corrected chi connectivity index (χ1v) is 10.7. The minimum Gasteiger partial charge on any atom is -0.494 e. The fraction of sp³-hybridized carbons (Fsp3) is 0.273. The fourth-order valence-corrected chi connectivity index (χ4v) is 4.16. The number of carbonyl (C=O) groups excluding carboxylic acids is 2. The lowest BCUT2D eigenvalue weighted by Crippen LogP contribution is -2.32. The van der Waals surface area contributed by atoms with Gasteiger partial charge in [-0.15, -0.1) is 11.8 Å². The van der Waals surface area contributed by atoms with Crippen molar-refractivity contribution in [2.75, 3.05) is 23.9 Å². The summed E-state index contributed by atoms with van der Waals surface area (Å²) in [5, 5.41) is 9.77. The molecule has 5 nitrogen and oxygen atoms in total. The molecule has 0 atom stereocenters. The number of aliphatic hydroxyl groups is 1. The highest BCUT2D eigenvalue weighted by Crippen LogP contribution is 2.39. The van der Waals surface area contributed by atoms with Crippen LogP contribution in [0.4, 0.5) is 5.69 Å². The number of ether oxygens (including phenoxy) is 1. The van der Waals surface area contributed by atoms with Gasteiger partial charge in [0.25, 0.3) is 11.8 Å². The number of rotatable bonds is 8. The summed E-state index contributed by atoms with van der Waals surface area (Å²) in [4.78, 5) is 27.9. The number of thioether (sulfide) groups is 1. The van der Waals surface area contributed by atoms with E-state index >= 15 is 0 Å². The van der Waals surface area contributed by atoms with Crippen LogP contribution < -0.4 is 9.64 Å². The van der Waals surface area contributed by atoms with Crippen LogP contribution in [0.3, 0.4) is 0 Å². The van der Waals surface area contributed by atoms with Crippen molar-refractivity contribution < 1.29 is 19.4 Å². The van der Waals surface area contributed by atoms with Crippen LogP contribution >= 0.6 is 23.4 Å². The van der Waals surface area contributed by atoms with Gasteiger partial charge < -0.3 is 9.84 Å². The van der Waals surface area contributed by atoms with Crippen LogP contribution in [0, 0.1) is 6.92 Å². The SMILES string of the molecule is CCCOc1ccc(C2=C(SCCO)C(=O)N(c3ccc(Cl)cc3C)C2=O)cc1. The van der Waals surface area contributed by atoms with Crippen LogP contribution in [0.2, 0.25) is 5.02 Å².